The van der Waals surface area contributed by atoms with Gasteiger partial charge in [0, 0.05) is 17.4 Å². The lowest BCUT2D eigenvalue weighted by Crippen LogP contribution is -2.38. The van der Waals surface area contributed by atoms with Crippen molar-refractivity contribution in [1.29, 1.82) is 0 Å². The number of rotatable bonds is 5. The first-order valence-electron chi connectivity index (χ1n) is 7.80. The van der Waals surface area contributed by atoms with Crippen LogP contribution in [0.15, 0.2) is 17.7 Å². The molecule has 1 saturated heterocycles. The van der Waals surface area contributed by atoms with E-state index >= 15 is 0 Å². The molecule has 0 bridgehead atoms. The number of hydrogen-bond acceptors (Lipinski definition) is 4. The predicted molar refractivity (Wildman–Crippen MR) is 89.5 cm³/mol. The van der Waals surface area contributed by atoms with Crippen molar-refractivity contribution in [1.82, 2.24) is 0 Å². The Kier molecular flexibility index (Phi) is 5.50. The summed E-state index contributed by atoms with van der Waals surface area (Å²) >= 11 is 0. The van der Waals surface area contributed by atoms with Crippen LogP contribution in [0.1, 0.15) is 47.8 Å². The lowest BCUT2D eigenvalue weighted by Gasteiger charge is -2.35. The molecule has 1 aliphatic rings. The van der Waals surface area contributed by atoms with E-state index in [2.05, 4.69) is 13.8 Å². The van der Waals surface area contributed by atoms with Crippen molar-refractivity contribution >= 4 is 18.6 Å². The van der Waals surface area contributed by atoms with Crippen molar-refractivity contribution < 1.29 is 19.1 Å². The van der Waals surface area contributed by atoms with Crippen LogP contribution in [-0.2, 0) is 20.7 Å². The molecule has 4 nitrogen and oxygen atoms in total. The third-order valence-electron chi connectivity index (χ3n) is 3.85. The van der Waals surface area contributed by atoms with Gasteiger partial charge in [0.2, 0.25) is 0 Å². The molecule has 0 saturated carbocycles. The SMILES string of the molecule is C/C(C=O)=C\c1cc(C)cc(C=O)c1CC1OCC(C)(C)CO1. The molecule has 1 aliphatic heterocycles. The molecular formula is C19H24O4. The molecule has 0 radical (unpaired) electrons. The lowest BCUT2D eigenvalue weighted by molar-refractivity contribution is -0.220. The van der Waals surface area contributed by atoms with Crippen molar-refractivity contribution in [2.75, 3.05) is 13.2 Å². The summed E-state index contributed by atoms with van der Waals surface area (Å²) < 4.78 is 11.6. The molecule has 23 heavy (non-hydrogen) atoms. The second-order valence-corrected chi connectivity index (χ2v) is 6.97. The highest BCUT2D eigenvalue weighted by molar-refractivity contribution is 5.85. The lowest BCUT2D eigenvalue weighted by atomic mass is 9.93. The van der Waals surface area contributed by atoms with Crippen molar-refractivity contribution in [3.8, 4) is 0 Å². The average molecular weight is 316 g/mol. The van der Waals surface area contributed by atoms with Crippen molar-refractivity contribution in [3.05, 3.63) is 40.0 Å². The Morgan fingerprint density at radius 2 is 1.83 bits per heavy atom. The summed E-state index contributed by atoms with van der Waals surface area (Å²) in [7, 11) is 0. The summed E-state index contributed by atoms with van der Waals surface area (Å²) in [6, 6.07) is 3.82. The molecule has 1 aromatic carbocycles. The van der Waals surface area contributed by atoms with Gasteiger partial charge >= 0.3 is 0 Å². The van der Waals surface area contributed by atoms with E-state index in [1.54, 1.807) is 13.0 Å². The first-order chi connectivity index (χ1) is 10.8. The zero-order valence-corrected chi connectivity index (χ0v) is 14.2. The molecular weight excluding hydrogens is 292 g/mol. The summed E-state index contributed by atoms with van der Waals surface area (Å²) in [4.78, 5) is 22.4. The number of ether oxygens (including phenoxy) is 2. The third kappa shape index (κ3) is 4.60. The van der Waals surface area contributed by atoms with Crippen molar-refractivity contribution in [2.45, 2.75) is 40.4 Å². The van der Waals surface area contributed by atoms with Crippen LogP contribution in [0.5, 0.6) is 0 Å². The van der Waals surface area contributed by atoms with Crippen LogP contribution >= 0.6 is 0 Å². The van der Waals surface area contributed by atoms with Gasteiger partial charge in [0.25, 0.3) is 0 Å². The third-order valence-corrected chi connectivity index (χ3v) is 3.85. The highest BCUT2D eigenvalue weighted by atomic mass is 16.7. The maximum absolute atomic E-state index is 11.5. The zero-order valence-electron chi connectivity index (χ0n) is 14.2. The molecule has 0 spiro atoms. The molecule has 0 unspecified atom stereocenters. The summed E-state index contributed by atoms with van der Waals surface area (Å²) in [5.74, 6) is 0. The van der Waals surface area contributed by atoms with E-state index in [1.807, 2.05) is 19.1 Å². The fourth-order valence-corrected chi connectivity index (χ4v) is 2.63. The van der Waals surface area contributed by atoms with Gasteiger partial charge in [0.1, 0.15) is 12.6 Å². The second-order valence-electron chi connectivity index (χ2n) is 6.97. The van der Waals surface area contributed by atoms with E-state index in [4.69, 9.17) is 9.47 Å². The summed E-state index contributed by atoms with van der Waals surface area (Å²) in [5.41, 5.74) is 3.94. The molecule has 124 valence electrons. The fourth-order valence-electron chi connectivity index (χ4n) is 2.63. The first kappa shape index (κ1) is 17.6. The van der Waals surface area contributed by atoms with E-state index < -0.39 is 0 Å². The summed E-state index contributed by atoms with van der Waals surface area (Å²) in [6.07, 6.45) is 3.58. The van der Waals surface area contributed by atoms with Gasteiger partial charge in [-0.3, -0.25) is 9.59 Å². The highest BCUT2D eigenvalue weighted by Crippen LogP contribution is 2.27. The Morgan fingerprint density at radius 1 is 1.22 bits per heavy atom. The van der Waals surface area contributed by atoms with Crippen LogP contribution in [0, 0.1) is 12.3 Å². The molecule has 0 N–H and O–H groups in total. The molecule has 0 amide bonds. The minimum Gasteiger partial charge on any atom is -0.352 e. The number of carbonyl (C=O) groups excluding carboxylic acids is 2. The Hall–Kier alpha value is -1.78. The number of aldehydes is 2. The smallest absolute Gasteiger partial charge is 0.161 e. The van der Waals surface area contributed by atoms with Crippen LogP contribution in [0.3, 0.4) is 0 Å². The molecule has 1 heterocycles. The molecule has 2 rings (SSSR count). The summed E-state index contributed by atoms with van der Waals surface area (Å²) in [5, 5.41) is 0. The van der Waals surface area contributed by atoms with Crippen molar-refractivity contribution in [3.63, 3.8) is 0 Å². The fraction of sp³-hybridized carbons (Fsp3) is 0.474. The molecule has 0 atom stereocenters. The van der Waals surface area contributed by atoms with Crippen LogP contribution in [0.2, 0.25) is 0 Å². The molecule has 4 heteroatoms. The molecule has 1 fully saturated rings. The van der Waals surface area contributed by atoms with Gasteiger partial charge in [-0.15, -0.1) is 0 Å². The largest absolute Gasteiger partial charge is 0.352 e. The highest BCUT2D eigenvalue weighted by Gasteiger charge is 2.29. The van der Waals surface area contributed by atoms with Gasteiger partial charge < -0.3 is 9.47 Å². The molecule has 1 aromatic rings. The maximum Gasteiger partial charge on any atom is 0.161 e. The Labute approximate surface area is 137 Å². The van der Waals surface area contributed by atoms with Gasteiger partial charge in [-0.25, -0.2) is 0 Å². The molecule has 0 aliphatic carbocycles. The minimum absolute atomic E-state index is 0.00804. The van der Waals surface area contributed by atoms with E-state index in [0.29, 0.717) is 30.8 Å². The van der Waals surface area contributed by atoms with Crippen LogP contribution < -0.4 is 0 Å². The number of hydrogen-bond donors (Lipinski definition) is 0. The predicted octanol–water partition coefficient (Wildman–Crippen LogP) is 3.35. The first-order valence-corrected chi connectivity index (χ1v) is 7.80. The van der Waals surface area contributed by atoms with Crippen LogP contribution in [0.4, 0.5) is 0 Å². The van der Waals surface area contributed by atoms with Gasteiger partial charge in [-0.2, -0.15) is 0 Å². The average Bonchev–Trinajstić information content (AvgIpc) is 2.51. The zero-order chi connectivity index (χ0) is 17.0. The topological polar surface area (TPSA) is 52.6 Å². The molecule has 0 aromatic heterocycles. The second kappa shape index (κ2) is 7.20. The van der Waals surface area contributed by atoms with Gasteiger partial charge in [-0.05, 0) is 48.3 Å². The van der Waals surface area contributed by atoms with Crippen LogP contribution in [0.25, 0.3) is 6.08 Å². The number of carbonyl (C=O) groups is 2. The van der Waals surface area contributed by atoms with Gasteiger partial charge in [0.05, 0.1) is 13.2 Å². The van der Waals surface area contributed by atoms with Gasteiger partial charge in [0.15, 0.2) is 6.29 Å². The monoisotopic (exact) mass is 316 g/mol. The number of aryl methyl sites for hydroxylation is 1. The van der Waals surface area contributed by atoms with Gasteiger partial charge in [-0.1, -0.05) is 19.9 Å². The number of allylic oxidation sites excluding steroid dienone is 1. The van der Waals surface area contributed by atoms with Crippen molar-refractivity contribution in [2.24, 2.45) is 5.41 Å². The van der Waals surface area contributed by atoms with E-state index in [1.165, 1.54) is 0 Å². The maximum atomic E-state index is 11.5. The van der Waals surface area contributed by atoms with E-state index in [-0.39, 0.29) is 11.7 Å². The normalized spacial score (nSPS) is 18.7. The van der Waals surface area contributed by atoms with Crippen LogP contribution in [-0.4, -0.2) is 32.1 Å². The summed E-state index contributed by atoms with van der Waals surface area (Å²) in [6.45, 7) is 9.11. The Balaban J connectivity index is 2.32. The van der Waals surface area contributed by atoms with E-state index in [9.17, 15) is 9.59 Å². The quantitative estimate of drug-likeness (QED) is 0.617. The minimum atomic E-state index is -0.367. The standard InChI is InChI=1S/C19H24O4/c1-13-5-15(7-14(2)9-20)17(16(6-13)10-21)8-18-22-11-19(3,4)12-23-18/h5-7,9-10,18H,8,11-12H2,1-4H3/b14-7+. The van der Waals surface area contributed by atoms with E-state index in [0.717, 1.165) is 29.3 Å². The Bertz CT molecular complexity index is 619. The number of benzene rings is 1. The Morgan fingerprint density at radius 3 is 2.39 bits per heavy atom.